The summed E-state index contributed by atoms with van der Waals surface area (Å²) >= 11 is 3.44. The lowest BCUT2D eigenvalue weighted by molar-refractivity contribution is -0.127. The maximum absolute atomic E-state index is 11.6. The van der Waals surface area contributed by atoms with Crippen LogP contribution in [-0.2, 0) is 11.3 Å². The van der Waals surface area contributed by atoms with Crippen molar-refractivity contribution in [3.8, 4) is 0 Å². The molecule has 1 rings (SSSR count). The lowest BCUT2D eigenvalue weighted by atomic mass is 10.2. The van der Waals surface area contributed by atoms with Crippen molar-refractivity contribution in [1.29, 1.82) is 0 Å². The summed E-state index contributed by atoms with van der Waals surface area (Å²) in [5.74, 6) is 0.0711. The van der Waals surface area contributed by atoms with Crippen molar-refractivity contribution in [1.82, 2.24) is 4.90 Å². The number of nitrogens with two attached hydrogens (primary N) is 1. The maximum Gasteiger partial charge on any atom is 0.241 e. The highest BCUT2D eigenvalue weighted by atomic mass is 79.9. The van der Waals surface area contributed by atoms with E-state index in [9.17, 15) is 4.79 Å². The Labute approximate surface area is 111 Å². The van der Waals surface area contributed by atoms with Gasteiger partial charge in [-0.1, -0.05) is 15.9 Å². The van der Waals surface area contributed by atoms with Crippen molar-refractivity contribution < 1.29 is 4.79 Å². The molecular weight excluding hydrogens is 282 g/mol. The van der Waals surface area contributed by atoms with Gasteiger partial charge in [0.2, 0.25) is 5.91 Å². The first-order chi connectivity index (χ1) is 7.93. The molecular formula is C12H18BrN3O. The monoisotopic (exact) mass is 299 g/mol. The number of rotatable bonds is 4. The number of halogens is 1. The van der Waals surface area contributed by atoms with Gasteiger partial charge in [-0.3, -0.25) is 4.79 Å². The Balaban J connectivity index is 2.84. The van der Waals surface area contributed by atoms with Crippen LogP contribution in [-0.4, -0.2) is 38.5 Å². The second-order valence-corrected chi connectivity index (χ2v) is 5.08. The predicted octanol–water partition coefficient (Wildman–Crippen LogP) is 1.43. The van der Waals surface area contributed by atoms with Gasteiger partial charge < -0.3 is 15.5 Å². The van der Waals surface area contributed by atoms with Crippen molar-refractivity contribution in [3.63, 3.8) is 0 Å². The summed E-state index contributed by atoms with van der Waals surface area (Å²) in [5.41, 5.74) is 7.64. The molecule has 0 fully saturated rings. The molecule has 0 bridgehead atoms. The van der Waals surface area contributed by atoms with E-state index < -0.39 is 0 Å². The largest absolute Gasteiger partial charge is 0.365 e. The molecule has 1 aromatic carbocycles. The Bertz CT molecular complexity index is 407. The van der Waals surface area contributed by atoms with Crippen molar-refractivity contribution in [2.45, 2.75) is 6.54 Å². The van der Waals surface area contributed by atoms with Gasteiger partial charge in [0.15, 0.2) is 0 Å². The van der Waals surface area contributed by atoms with Crippen LogP contribution in [0.2, 0.25) is 0 Å². The number of nitrogens with zero attached hydrogens (tertiary/aromatic N) is 2. The quantitative estimate of drug-likeness (QED) is 0.915. The van der Waals surface area contributed by atoms with Crippen LogP contribution in [0.25, 0.3) is 0 Å². The van der Waals surface area contributed by atoms with E-state index in [0.29, 0.717) is 13.1 Å². The van der Waals surface area contributed by atoms with Crippen LogP contribution in [0.1, 0.15) is 5.56 Å². The molecule has 0 aliphatic carbocycles. The van der Waals surface area contributed by atoms with Crippen LogP contribution in [0.5, 0.6) is 0 Å². The number of benzene rings is 1. The standard InChI is InChI=1S/C12H18BrN3O/c1-15(2)12(17)8-16(3)11-5-9(7-14)4-10(13)6-11/h4-6H,7-8,14H2,1-3H3. The van der Waals surface area contributed by atoms with Crippen LogP contribution in [0.3, 0.4) is 0 Å². The fraction of sp³-hybridized carbons (Fsp3) is 0.417. The van der Waals surface area contributed by atoms with Gasteiger partial charge in [0, 0.05) is 37.8 Å². The number of carbonyl (C=O) groups is 1. The number of hydrogen-bond donors (Lipinski definition) is 1. The first-order valence-corrected chi connectivity index (χ1v) is 6.14. The number of anilines is 1. The average Bonchev–Trinajstić information content (AvgIpc) is 2.27. The minimum atomic E-state index is 0.0711. The molecule has 0 aliphatic rings. The Morgan fingerprint density at radius 2 is 1.94 bits per heavy atom. The van der Waals surface area contributed by atoms with E-state index in [1.807, 2.05) is 30.1 Å². The topological polar surface area (TPSA) is 49.6 Å². The second-order valence-electron chi connectivity index (χ2n) is 4.17. The molecule has 5 heteroatoms. The highest BCUT2D eigenvalue weighted by molar-refractivity contribution is 9.10. The van der Waals surface area contributed by atoms with E-state index >= 15 is 0 Å². The van der Waals surface area contributed by atoms with E-state index in [2.05, 4.69) is 15.9 Å². The van der Waals surface area contributed by atoms with E-state index in [1.54, 1.807) is 19.0 Å². The molecule has 0 spiro atoms. The van der Waals surface area contributed by atoms with Gasteiger partial charge in [0.25, 0.3) is 0 Å². The summed E-state index contributed by atoms with van der Waals surface area (Å²) in [4.78, 5) is 15.1. The summed E-state index contributed by atoms with van der Waals surface area (Å²) < 4.78 is 0.972. The number of likely N-dealkylation sites (N-methyl/N-ethyl adjacent to an activating group) is 2. The third kappa shape index (κ3) is 4.02. The Kier molecular flexibility index (Phi) is 4.96. The molecule has 2 N–H and O–H groups in total. The Morgan fingerprint density at radius 3 is 2.47 bits per heavy atom. The lowest BCUT2D eigenvalue weighted by Gasteiger charge is -2.21. The van der Waals surface area contributed by atoms with Gasteiger partial charge in [0.05, 0.1) is 6.54 Å². The molecule has 0 saturated heterocycles. The third-order valence-electron chi connectivity index (χ3n) is 2.49. The average molecular weight is 300 g/mol. The van der Waals surface area contributed by atoms with Gasteiger partial charge in [-0.2, -0.15) is 0 Å². The number of hydrogen-bond acceptors (Lipinski definition) is 3. The number of carbonyl (C=O) groups excluding carboxylic acids is 1. The van der Waals surface area contributed by atoms with E-state index in [4.69, 9.17) is 5.73 Å². The fourth-order valence-electron chi connectivity index (χ4n) is 1.41. The molecule has 94 valence electrons. The molecule has 0 aromatic heterocycles. The van der Waals surface area contributed by atoms with Crippen LogP contribution in [0.4, 0.5) is 5.69 Å². The first kappa shape index (κ1) is 14.0. The maximum atomic E-state index is 11.6. The second kappa shape index (κ2) is 6.02. The highest BCUT2D eigenvalue weighted by Gasteiger charge is 2.10. The van der Waals surface area contributed by atoms with Crippen LogP contribution in [0.15, 0.2) is 22.7 Å². The molecule has 0 heterocycles. The molecule has 0 aliphatic heterocycles. The van der Waals surface area contributed by atoms with Crippen molar-refractivity contribution in [3.05, 3.63) is 28.2 Å². The van der Waals surface area contributed by atoms with E-state index in [-0.39, 0.29) is 5.91 Å². The van der Waals surface area contributed by atoms with Crippen LogP contribution in [0, 0.1) is 0 Å². The van der Waals surface area contributed by atoms with Gasteiger partial charge in [-0.05, 0) is 23.8 Å². The van der Waals surface area contributed by atoms with E-state index in [1.165, 1.54) is 0 Å². The van der Waals surface area contributed by atoms with Crippen molar-refractivity contribution in [2.75, 3.05) is 32.6 Å². The summed E-state index contributed by atoms with van der Waals surface area (Å²) in [5, 5.41) is 0. The number of amides is 1. The fourth-order valence-corrected chi connectivity index (χ4v) is 1.94. The molecule has 0 saturated carbocycles. The smallest absolute Gasteiger partial charge is 0.241 e. The van der Waals surface area contributed by atoms with Crippen molar-refractivity contribution in [2.24, 2.45) is 5.73 Å². The van der Waals surface area contributed by atoms with Gasteiger partial charge >= 0.3 is 0 Å². The highest BCUT2D eigenvalue weighted by Crippen LogP contribution is 2.22. The summed E-state index contributed by atoms with van der Waals surface area (Å²) in [6.07, 6.45) is 0. The summed E-state index contributed by atoms with van der Waals surface area (Å²) in [6, 6.07) is 5.95. The zero-order valence-electron chi connectivity index (χ0n) is 10.4. The Morgan fingerprint density at radius 1 is 1.29 bits per heavy atom. The molecule has 1 aromatic rings. The third-order valence-corrected chi connectivity index (χ3v) is 2.95. The zero-order valence-corrected chi connectivity index (χ0v) is 12.0. The molecule has 4 nitrogen and oxygen atoms in total. The molecule has 17 heavy (non-hydrogen) atoms. The van der Waals surface area contributed by atoms with Crippen LogP contribution < -0.4 is 10.6 Å². The molecule has 0 atom stereocenters. The Hall–Kier alpha value is -1.07. The lowest BCUT2D eigenvalue weighted by Crippen LogP contribution is -2.34. The summed E-state index contributed by atoms with van der Waals surface area (Å²) in [7, 11) is 5.40. The minimum Gasteiger partial charge on any atom is -0.365 e. The first-order valence-electron chi connectivity index (χ1n) is 5.35. The SMILES string of the molecule is CN(C)C(=O)CN(C)c1cc(Br)cc(CN)c1. The normalized spacial score (nSPS) is 10.2. The van der Waals surface area contributed by atoms with Gasteiger partial charge in [0.1, 0.15) is 0 Å². The molecule has 0 radical (unpaired) electrons. The predicted molar refractivity (Wildman–Crippen MR) is 74.0 cm³/mol. The molecule has 1 amide bonds. The van der Waals surface area contributed by atoms with Gasteiger partial charge in [-0.25, -0.2) is 0 Å². The van der Waals surface area contributed by atoms with E-state index in [0.717, 1.165) is 15.7 Å². The molecule has 0 unspecified atom stereocenters. The summed E-state index contributed by atoms with van der Waals surface area (Å²) in [6.45, 7) is 0.843. The minimum absolute atomic E-state index is 0.0711. The van der Waals surface area contributed by atoms with Gasteiger partial charge in [-0.15, -0.1) is 0 Å². The van der Waals surface area contributed by atoms with Crippen molar-refractivity contribution >= 4 is 27.5 Å². The van der Waals surface area contributed by atoms with Crippen LogP contribution >= 0.6 is 15.9 Å². The zero-order chi connectivity index (χ0) is 13.0.